The first-order valence-corrected chi connectivity index (χ1v) is 13.6. The van der Waals surface area contributed by atoms with Crippen molar-refractivity contribution in [2.45, 2.75) is 30.2 Å². The van der Waals surface area contributed by atoms with Gasteiger partial charge in [0.1, 0.15) is 0 Å². The molecule has 1 aliphatic heterocycles. The first kappa shape index (κ1) is 23.6. The lowest BCUT2D eigenvalue weighted by Crippen LogP contribution is -2.36. The molecule has 174 valence electrons. The van der Waals surface area contributed by atoms with Crippen molar-refractivity contribution in [2.24, 2.45) is 0 Å². The Hall–Kier alpha value is -2.52. The third kappa shape index (κ3) is 6.29. The zero-order valence-corrected chi connectivity index (χ0v) is 20.1. The van der Waals surface area contributed by atoms with Crippen LogP contribution in [0.3, 0.4) is 0 Å². The molecular weight excluding hydrogens is 454 g/mol. The Kier molecular flexibility index (Phi) is 7.93. The molecule has 8 heteroatoms. The van der Waals surface area contributed by atoms with E-state index in [0.29, 0.717) is 25.1 Å². The maximum atomic E-state index is 12.8. The Balaban J connectivity index is 1.35. The number of nitrogens with one attached hydrogen (secondary N) is 2. The van der Waals surface area contributed by atoms with Gasteiger partial charge in [-0.2, -0.15) is 0 Å². The minimum atomic E-state index is -3.61. The Bertz CT molecular complexity index is 1130. The van der Waals surface area contributed by atoms with Crippen LogP contribution in [0.1, 0.15) is 39.7 Å². The molecule has 1 aromatic heterocycles. The van der Waals surface area contributed by atoms with Crippen LogP contribution < -0.4 is 10.0 Å². The first-order chi connectivity index (χ1) is 16.0. The molecule has 4 rings (SSSR count). The summed E-state index contributed by atoms with van der Waals surface area (Å²) in [6.07, 6.45) is 3.00. The maximum Gasteiger partial charge on any atom is 0.251 e. The molecule has 1 fully saturated rings. The molecule has 3 aromatic rings. The number of thiophene rings is 1. The Morgan fingerprint density at radius 3 is 2.36 bits per heavy atom. The highest BCUT2D eigenvalue weighted by atomic mass is 32.2. The number of hydrogen-bond donors (Lipinski definition) is 2. The predicted octanol–water partition coefficient (Wildman–Crippen LogP) is 3.84. The van der Waals surface area contributed by atoms with Crippen LogP contribution in [0.2, 0.25) is 0 Å². The smallest absolute Gasteiger partial charge is 0.251 e. The fourth-order valence-electron chi connectivity index (χ4n) is 4.11. The van der Waals surface area contributed by atoms with Gasteiger partial charge in [-0.1, -0.05) is 36.4 Å². The lowest BCUT2D eigenvalue weighted by molar-refractivity contribution is 0.0938. The van der Waals surface area contributed by atoms with Crippen LogP contribution in [0.25, 0.3) is 0 Å². The summed E-state index contributed by atoms with van der Waals surface area (Å²) in [6, 6.07) is 20.4. The summed E-state index contributed by atoms with van der Waals surface area (Å²) < 4.78 is 27.7. The van der Waals surface area contributed by atoms with Crippen molar-refractivity contribution in [3.8, 4) is 0 Å². The molecule has 1 atom stereocenters. The quantitative estimate of drug-likeness (QED) is 0.459. The summed E-state index contributed by atoms with van der Waals surface area (Å²) in [5.41, 5.74) is 1.63. The number of carbonyl (C=O) groups excluding carboxylic acids is 1. The summed E-state index contributed by atoms with van der Waals surface area (Å²) in [7, 11) is -3.61. The van der Waals surface area contributed by atoms with E-state index in [2.05, 4.69) is 27.1 Å². The number of benzene rings is 2. The molecule has 1 aliphatic rings. The average Bonchev–Trinajstić information content (AvgIpc) is 3.55. The highest BCUT2D eigenvalue weighted by Crippen LogP contribution is 2.24. The molecule has 0 spiro atoms. The van der Waals surface area contributed by atoms with Crippen LogP contribution in [-0.4, -0.2) is 45.4 Å². The van der Waals surface area contributed by atoms with E-state index in [0.717, 1.165) is 18.0 Å². The number of likely N-dealkylation sites (tertiary alicyclic amines) is 1. The summed E-state index contributed by atoms with van der Waals surface area (Å²) in [5, 5.41) is 5.01. The van der Waals surface area contributed by atoms with Gasteiger partial charge in [0, 0.05) is 23.5 Å². The van der Waals surface area contributed by atoms with Crippen molar-refractivity contribution in [2.75, 3.05) is 26.2 Å². The monoisotopic (exact) mass is 483 g/mol. The van der Waals surface area contributed by atoms with Gasteiger partial charge in [-0.3, -0.25) is 9.69 Å². The molecule has 2 heterocycles. The minimum Gasteiger partial charge on any atom is -0.350 e. The lowest BCUT2D eigenvalue weighted by Gasteiger charge is -2.28. The van der Waals surface area contributed by atoms with Gasteiger partial charge >= 0.3 is 0 Å². The standard InChI is InChI=1S/C25H29N3O3S2/c29-25(26-19-24(28-16-4-5-17-28)20-7-2-1-3-8-20)21-10-12-23(13-11-21)33(30,31)27-15-14-22-9-6-18-32-22/h1-3,6-13,18,24,27H,4-5,14-17,19H2,(H,26,29). The Morgan fingerprint density at radius 1 is 0.970 bits per heavy atom. The van der Waals surface area contributed by atoms with E-state index in [1.807, 2.05) is 35.7 Å². The van der Waals surface area contributed by atoms with Gasteiger partial charge in [0.25, 0.3) is 5.91 Å². The SMILES string of the molecule is O=C(NCC(c1ccccc1)N1CCCC1)c1ccc(S(=O)(=O)NCCc2cccs2)cc1. The van der Waals surface area contributed by atoms with Crippen LogP contribution >= 0.6 is 11.3 Å². The Morgan fingerprint density at radius 2 is 1.70 bits per heavy atom. The van der Waals surface area contributed by atoms with Crippen molar-refractivity contribution in [3.63, 3.8) is 0 Å². The second-order valence-electron chi connectivity index (χ2n) is 8.13. The topological polar surface area (TPSA) is 78.5 Å². The summed E-state index contributed by atoms with van der Waals surface area (Å²) in [6.45, 7) is 2.90. The van der Waals surface area contributed by atoms with E-state index in [1.165, 1.54) is 30.5 Å². The molecule has 2 aromatic carbocycles. The van der Waals surface area contributed by atoms with Crippen LogP contribution in [0, 0.1) is 0 Å². The van der Waals surface area contributed by atoms with E-state index in [1.54, 1.807) is 23.5 Å². The van der Waals surface area contributed by atoms with Gasteiger partial charge in [-0.05, 0) is 73.6 Å². The van der Waals surface area contributed by atoms with Crippen molar-refractivity contribution < 1.29 is 13.2 Å². The zero-order chi connectivity index (χ0) is 23.1. The minimum absolute atomic E-state index is 0.129. The summed E-state index contributed by atoms with van der Waals surface area (Å²) in [4.78, 5) is 16.5. The molecule has 0 radical (unpaired) electrons. The first-order valence-electron chi connectivity index (χ1n) is 11.2. The molecule has 6 nitrogen and oxygen atoms in total. The van der Waals surface area contributed by atoms with E-state index in [-0.39, 0.29) is 16.8 Å². The normalized spacial score (nSPS) is 15.4. The molecule has 0 aliphatic carbocycles. The van der Waals surface area contributed by atoms with Crippen molar-refractivity contribution in [1.82, 2.24) is 14.9 Å². The van der Waals surface area contributed by atoms with E-state index in [4.69, 9.17) is 0 Å². The molecule has 1 saturated heterocycles. The van der Waals surface area contributed by atoms with Crippen molar-refractivity contribution >= 4 is 27.3 Å². The van der Waals surface area contributed by atoms with Crippen LogP contribution in [0.15, 0.2) is 77.0 Å². The van der Waals surface area contributed by atoms with Gasteiger partial charge < -0.3 is 5.32 Å². The fraction of sp³-hybridized carbons (Fsp3) is 0.320. The number of carbonyl (C=O) groups is 1. The molecule has 33 heavy (non-hydrogen) atoms. The van der Waals surface area contributed by atoms with E-state index < -0.39 is 10.0 Å². The van der Waals surface area contributed by atoms with Crippen LogP contribution in [0.4, 0.5) is 0 Å². The number of amides is 1. The van der Waals surface area contributed by atoms with Gasteiger partial charge in [0.05, 0.1) is 10.9 Å². The van der Waals surface area contributed by atoms with Gasteiger partial charge in [0.2, 0.25) is 10.0 Å². The Labute approximate surface area is 199 Å². The summed E-state index contributed by atoms with van der Waals surface area (Å²) >= 11 is 1.61. The average molecular weight is 484 g/mol. The van der Waals surface area contributed by atoms with E-state index in [9.17, 15) is 13.2 Å². The third-order valence-electron chi connectivity index (χ3n) is 5.89. The van der Waals surface area contributed by atoms with Crippen LogP contribution in [0.5, 0.6) is 0 Å². The third-order valence-corrected chi connectivity index (χ3v) is 8.31. The number of sulfonamides is 1. The molecule has 0 bridgehead atoms. The fourth-order valence-corrected chi connectivity index (χ4v) is 5.85. The molecular formula is C25H29N3O3S2. The molecule has 2 N–H and O–H groups in total. The molecule has 1 unspecified atom stereocenters. The summed E-state index contributed by atoms with van der Waals surface area (Å²) in [5.74, 6) is -0.204. The van der Waals surface area contributed by atoms with E-state index >= 15 is 0 Å². The van der Waals surface area contributed by atoms with Crippen LogP contribution in [-0.2, 0) is 16.4 Å². The highest BCUT2D eigenvalue weighted by molar-refractivity contribution is 7.89. The van der Waals surface area contributed by atoms with Crippen molar-refractivity contribution in [1.29, 1.82) is 0 Å². The zero-order valence-electron chi connectivity index (χ0n) is 18.4. The second-order valence-corrected chi connectivity index (χ2v) is 10.9. The van der Waals surface area contributed by atoms with Gasteiger partial charge in [0.15, 0.2) is 0 Å². The second kappa shape index (κ2) is 11.1. The number of rotatable bonds is 10. The number of nitrogens with zero attached hydrogens (tertiary/aromatic N) is 1. The van der Waals surface area contributed by atoms with Gasteiger partial charge in [-0.25, -0.2) is 13.1 Å². The molecule has 0 saturated carbocycles. The lowest BCUT2D eigenvalue weighted by atomic mass is 10.1. The maximum absolute atomic E-state index is 12.8. The largest absolute Gasteiger partial charge is 0.350 e. The van der Waals surface area contributed by atoms with Crippen molar-refractivity contribution in [3.05, 3.63) is 88.1 Å². The predicted molar refractivity (Wildman–Crippen MR) is 132 cm³/mol. The molecule has 1 amide bonds. The van der Waals surface area contributed by atoms with Gasteiger partial charge in [-0.15, -0.1) is 11.3 Å². The highest BCUT2D eigenvalue weighted by Gasteiger charge is 2.24. The number of hydrogen-bond acceptors (Lipinski definition) is 5.